The normalized spacial score (nSPS) is 11.6. The zero-order chi connectivity index (χ0) is 24.0. The lowest BCUT2D eigenvalue weighted by Crippen LogP contribution is -2.29. The van der Waals surface area contributed by atoms with Crippen molar-refractivity contribution in [2.75, 3.05) is 11.1 Å². The minimum atomic E-state index is -0.530. The predicted molar refractivity (Wildman–Crippen MR) is 131 cm³/mol. The van der Waals surface area contributed by atoms with E-state index in [9.17, 15) is 14.0 Å². The van der Waals surface area contributed by atoms with Crippen molar-refractivity contribution >= 4 is 45.2 Å². The van der Waals surface area contributed by atoms with Crippen LogP contribution in [0.4, 0.5) is 10.1 Å². The van der Waals surface area contributed by atoms with Gasteiger partial charge in [-0.3, -0.25) is 9.59 Å². The van der Waals surface area contributed by atoms with Gasteiger partial charge >= 0.3 is 0 Å². The summed E-state index contributed by atoms with van der Waals surface area (Å²) >= 11 is 4.35. The summed E-state index contributed by atoms with van der Waals surface area (Å²) in [6.45, 7) is 7.90. The quantitative estimate of drug-likeness (QED) is 0.303. The Balaban J connectivity index is 1.67. The lowest BCUT2D eigenvalue weighted by molar-refractivity contribution is -0.113. The zero-order valence-corrected chi connectivity index (χ0v) is 20.5. The number of aryl methyl sites for hydroxylation is 1. The van der Waals surface area contributed by atoms with Crippen LogP contribution in [0.25, 0.3) is 0 Å². The average Bonchev–Trinajstić information content (AvgIpc) is 3.17. The minimum Gasteiger partial charge on any atom is -0.342 e. The Labute approximate surface area is 204 Å². The highest BCUT2D eigenvalue weighted by Crippen LogP contribution is 2.23. The van der Waals surface area contributed by atoms with Crippen LogP contribution in [0.3, 0.4) is 0 Å². The van der Waals surface area contributed by atoms with Crippen molar-refractivity contribution in [2.45, 2.75) is 31.6 Å². The highest BCUT2D eigenvalue weighted by molar-refractivity contribution is 9.10. The smallest absolute Gasteiger partial charge is 0.251 e. The summed E-state index contributed by atoms with van der Waals surface area (Å²) in [6.07, 6.45) is 1.68. The van der Waals surface area contributed by atoms with Gasteiger partial charge in [-0.2, -0.15) is 0 Å². The number of aromatic nitrogens is 3. The number of hydrogen-bond donors (Lipinski definition) is 2. The Morgan fingerprint density at radius 1 is 1.27 bits per heavy atom. The number of halogens is 2. The highest BCUT2D eigenvalue weighted by Gasteiger charge is 2.20. The lowest BCUT2D eigenvalue weighted by atomic mass is 10.1. The van der Waals surface area contributed by atoms with Gasteiger partial charge in [0.05, 0.1) is 17.5 Å². The van der Waals surface area contributed by atoms with E-state index < -0.39 is 11.9 Å². The molecule has 0 aliphatic heterocycles. The van der Waals surface area contributed by atoms with Gasteiger partial charge in [0.25, 0.3) is 5.91 Å². The Hall–Kier alpha value is -2.98. The van der Waals surface area contributed by atoms with E-state index in [1.54, 1.807) is 22.8 Å². The second-order valence-electron chi connectivity index (χ2n) is 7.27. The molecule has 1 aromatic heterocycles. The maximum absolute atomic E-state index is 14.0. The summed E-state index contributed by atoms with van der Waals surface area (Å²) in [6, 6.07) is 11.3. The fourth-order valence-corrected chi connectivity index (χ4v) is 4.15. The van der Waals surface area contributed by atoms with E-state index in [0.717, 1.165) is 17.3 Å². The molecule has 10 heteroatoms. The molecule has 7 nitrogen and oxygen atoms in total. The molecule has 0 spiro atoms. The van der Waals surface area contributed by atoms with Crippen molar-refractivity contribution in [1.82, 2.24) is 20.1 Å². The highest BCUT2D eigenvalue weighted by atomic mass is 79.9. The summed E-state index contributed by atoms with van der Waals surface area (Å²) in [4.78, 5) is 24.9. The van der Waals surface area contributed by atoms with Crippen LogP contribution in [0.1, 0.15) is 34.7 Å². The molecule has 0 unspecified atom stereocenters. The fraction of sp³-hybridized carbons (Fsp3) is 0.217. The van der Waals surface area contributed by atoms with Crippen LogP contribution >= 0.6 is 27.7 Å². The maximum atomic E-state index is 14.0. The van der Waals surface area contributed by atoms with Crippen LogP contribution in [-0.4, -0.2) is 32.3 Å². The summed E-state index contributed by atoms with van der Waals surface area (Å²) in [7, 11) is 0. The number of carbonyl (C=O) groups excluding carboxylic acids is 2. The molecule has 2 N–H and O–H groups in total. The van der Waals surface area contributed by atoms with E-state index in [0.29, 0.717) is 27.6 Å². The van der Waals surface area contributed by atoms with Gasteiger partial charge in [0, 0.05) is 16.6 Å². The Morgan fingerprint density at radius 2 is 2.06 bits per heavy atom. The number of allylic oxidation sites excluding steroid dienone is 1. The van der Waals surface area contributed by atoms with Crippen molar-refractivity contribution < 1.29 is 14.0 Å². The number of thioether (sulfide) groups is 1. The molecule has 0 saturated carbocycles. The molecule has 0 aliphatic rings. The third kappa shape index (κ3) is 6.52. The van der Waals surface area contributed by atoms with Crippen LogP contribution in [0.15, 0.2) is 64.7 Å². The molecule has 0 radical (unpaired) electrons. The first-order valence-corrected chi connectivity index (χ1v) is 11.9. The predicted octanol–water partition coefficient (Wildman–Crippen LogP) is 4.90. The van der Waals surface area contributed by atoms with Gasteiger partial charge in [0.1, 0.15) is 5.82 Å². The number of hydrogen-bond acceptors (Lipinski definition) is 5. The van der Waals surface area contributed by atoms with Crippen molar-refractivity contribution in [3.63, 3.8) is 0 Å². The molecule has 2 amide bonds. The first kappa shape index (κ1) is 24.7. The molecule has 3 aromatic rings. The van der Waals surface area contributed by atoms with Crippen molar-refractivity contribution in [1.29, 1.82) is 0 Å². The first-order chi connectivity index (χ1) is 15.8. The molecule has 1 atom stereocenters. The number of nitrogens with one attached hydrogen (secondary N) is 2. The Bertz CT molecular complexity index is 1180. The summed E-state index contributed by atoms with van der Waals surface area (Å²) in [5, 5.41) is 14.4. The van der Waals surface area contributed by atoms with E-state index in [-0.39, 0.29) is 23.3 Å². The number of carbonyl (C=O) groups is 2. The third-order valence-corrected chi connectivity index (χ3v) is 6.07. The average molecular weight is 532 g/mol. The van der Waals surface area contributed by atoms with Crippen LogP contribution in [0.5, 0.6) is 0 Å². The molecule has 1 heterocycles. The number of anilines is 1. The fourth-order valence-electron chi connectivity index (χ4n) is 3.07. The monoisotopic (exact) mass is 531 g/mol. The Kier molecular flexibility index (Phi) is 8.40. The van der Waals surface area contributed by atoms with Crippen LogP contribution in [0.2, 0.25) is 0 Å². The van der Waals surface area contributed by atoms with Gasteiger partial charge in [0.15, 0.2) is 11.0 Å². The van der Waals surface area contributed by atoms with Gasteiger partial charge in [-0.1, -0.05) is 51.5 Å². The molecule has 0 aliphatic carbocycles. The molecule has 3 rings (SSSR count). The van der Waals surface area contributed by atoms with Gasteiger partial charge in [-0.25, -0.2) is 4.39 Å². The lowest BCUT2D eigenvalue weighted by Gasteiger charge is -2.15. The summed E-state index contributed by atoms with van der Waals surface area (Å²) < 4.78 is 16.3. The van der Waals surface area contributed by atoms with Crippen molar-refractivity contribution in [2.24, 2.45) is 0 Å². The number of nitrogens with zero attached hydrogens (tertiary/aromatic N) is 3. The maximum Gasteiger partial charge on any atom is 0.251 e. The van der Waals surface area contributed by atoms with Crippen LogP contribution in [-0.2, 0) is 11.3 Å². The van der Waals surface area contributed by atoms with Crippen molar-refractivity contribution in [3.8, 4) is 0 Å². The van der Waals surface area contributed by atoms with Crippen molar-refractivity contribution in [3.05, 3.63) is 82.4 Å². The largest absolute Gasteiger partial charge is 0.342 e. The second-order valence-corrected chi connectivity index (χ2v) is 9.12. The van der Waals surface area contributed by atoms with Gasteiger partial charge < -0.3 is 15.2 Å². The van der Waals surface area contributed by atoms with Gasteiger partial charge in [-0.05, 0) is 44.2 Å². The van der Waals surface area contributed by atoms with Gasteiger partial charge in [-0.15, -0.1) is 16.8 Å². The van der Waals surface area contributed by atoms with E-state index in [1.165, 1.54) is 12.1 Å². The van der Waals surface area contributed by atoms with Crippen LogP contribution in [0, 0.1) is 12.7 Å². The third-order valence-electron chi connectivity index (χ3n) is 4.61. The molecular weight excluding hydrogens is 509 g/mol. The topological polar surface area (TPSA) is 88.9 Å². The second kappa shape index (κ2) is 11.2. The van der Waals surface area contributed by atoms with E-state index in [1.807, 2.05) is 32.0 Å². The van der Waals surface area contributed by atoms with E-state index >= 15 is 0 Å². The zero-order valence-electron chi connectivity index (χ0n) is 18.1. The standard InChI is InChI=1S/C23H23BrFN5O2S/c1-4-10-30-21(15(3)26-22(32)16-7-5-6-14(2)11-16)28-29-23(30)33-13-20(31)27-19-9-8-17(24)12-18(19)25/h4-9,11-12,15H,1,10,13H2,2-3H3,(H,26,32)(H,27,31)/t15-/m0/s1. The van der Waals surface area contributed by atoms with Crippen LogP contribution < -0.4 is 10.6 Å². The summed E-state index contributed by atoms with van der Waals surface area (Å²) in [5.41, 5.74) is 1.65. The molecule has 0 fully saturated rings. The Morgan fingerprint density at radius 3 is 2.76 bits per heavy atom. The molecular formula is C23H23BrFN5O2S. The first-order valence-electron chi connectivity index (χ1n) is 10.1. The van der Waals surface area contributed by atoms with E-state index in [2.05, 4.69) is 43.3 Å². The number of benzene rings is 2. The van der Waals surface area contributed by atoms with Gasteiger partial charge in [0.2, 0.25) is 5.91 Å². The SMILES string of the molecule is C=CCn1c(SCC(=O)Nc2ccc(Br)cc2F)nnc1[C@H](C)NC(=O)c1cccc(C)c1. The van der Waals surface area contributed by atoms with E-state index in [4.69, 9.17) is 0 Å². The molecule has 0 bridgehead atoms. The molecule has 0 saturated heterocycles. The number of amides is 2. The number of rotatable bonds is 9. The summed E-state index contributed by atoms with van der Waals surface area (Å²) in [5.74, 6) is -0.577. The molecule has 172 valence electrons. The molecule has 33 heavy (non-hydrogen) atoms. The molecule has 2 aromatic carbocycles. The minimum absolute atomic E-state index is 0.00874.